The molecular weight excluding hydrogens is 368 g/mol. The van der Waals surface area contributed by atoms with E-state index in [9.17, 15) is 0 Å². The lowest BCUT2D eigenvalue weighted by Crippen LogP contribution is -2.19. The second-order valence-corrected chi connectivity index (χ2v) is 11.4. The maximum Gasteiger partial charge on any atom is 0.0261 e. The van der Waals surface area contributed by atoms with Crippen LogP contribution < -0.4 is 0 Å². The predicted molar refractivity (Wildman–Crippen MR) is 137 cm³/mol. The third-order valence-corrected chi connectivity index (χ3v) is 8.27. The van der Waals surface area contributed by atoms with E-state index in [0.29, 0.717) is 0 Å². The first kappa shape index (κ1) is 27.1. The third kappa shape index (κ3) is 14.7. The van der Waals surface area contributed by atoms with E-state index in [0.717, 1.165) is 11.2 Å². The second kappa shape index (κ2) is 18.8. The molecule has 0 amide bonds. The van der Waals surface area contributed by atoms with E-state index >= 15 is 0 Å². The summed E-state index contributed by atoms with van der Waals surface area (Å²) in [5.74, 6) is 2.31. The highest BCUT2D eigenvalue weighted by Crippen LogP contribution is 2.38. The fourth-order valence-electron chi connectivity index (χ4n) is 4.80. The number of unbranched alkanes of at least 4 members (excludes halogenated alkanes) is 15. The highest BCUT2D eigenvalue weighted by atomic mass is 32.2. The molecule has 0 bridgehead atoms. The summed E-state index contributed by atoms with van der Waals surface area (Å²) in [7, 11) is 0. The molecule has 172 valence electrons. The number of allylic oxidation sites excluding steroid dienone is 1. The van der Waals surface area contributed by atoms with Gasteiger partial charge in [0.1, 0.15) is 0 Å². The summed E-state index contributed by atoms with van der Waals surface area (Å²) in [6.45, 7) is 9.41. The van der Waals surface area contributed by atoms with Crippen molar-refractivity contribution in [2.45, 2.75) is 155 Å². The van der Waals surface area contributed by atoms with Gasteiger partial charge < -0.3 is 0 Å². The monoisotopic (exact) mass is 422 g/mol. The SMILES string of the molecule is CCCCCCCCCCCCCCCCCCSC1CC(C)CCC1=C(C)C. The Balaban J connectivity index is 1.84. The van der Waals surface area contributed by atoms with Crippen LogP contribution in [0.5, 0.6) is 0 Å². The van der Waals surface area contributed by atoms with Crippen LogP contribution in [-0.2, 0) is 0 Å². The van der Waals surface area contributed by atoms with Gasteiger partial charge in [-0.05, 0) is 51.2 Å². The van der Waals surface area contributed by atoms with E-state index in [1.807, 2.05) is 0 Å². The second-order valence-electron chi connectivity index (χ2n) is 10.1. The van der Waals surface area contributed by atoms with Gasteiger partial charge in [-0.15, -0.1) is 0 Å². The molecule has 0 aliphatic heterocycles. The van der Waals surface area contributed by atoms with Crippen LogP contribution in [-0.4, -0.2) is 11.0 Å². The highest BCUT2D eigenvalue weighted by Gasteiger charge is 2.24. The standard InChI is InChI=1S/C28H54S/c1-5-6-7-8-9-10-11-12-13-14-15-16-17-18-19-20-23-29-28-24-26(4)21-22-27(28)25(2)3/h26,28H,5-24H2,1-4H3. The molecule has 0 aromatic rings. The molecule has 0 saturated heterocycles. The maximum absolute atomic E-state index is 2.45. The molecule has 2 unspecified atom stereocenters. The van der Waals surface area contributed by atoms with Crippen molar-refractivity contribution in [3.63, 3.8) is 0 Å². The zero-order valence-corrected chi connectivity index (χ0v) is 21.5. The summed E-state index contributed by atoms with van der Waals surface area (Å²) in [6, 6.07) is 0. The molecule has 0 aromatic carbocycles. The summed E-state index contributed by atoms with van der Waals surface area (Å²) in [5.41, 5.74) is 3.38. The van der Waals surface area contributed by atoms with E-state index in [4.69, 9.17) is 0 Å². The van der Waals surface area contributed by atoms with Gasteiger partial charge in [-0.3, -0.25) is 0 Å². The Hall–Kier alpha value is 0.0900. The number of hydrogen-bond donors (Lipinski definition) is 0. The highest BCUT2D eigenvalue weighted by molar-refractivity contribution is 8.00. The zero-order valence-electron chi connectivity index (χ0n) is 20.7. The quantitative estimate of drug-likeness (QED) is 0.156. The molecule has 1 heteroatoms. The molecule has 0 radical (unpaired) electrons. The first-order valence-corrected chi connectivity index (χ1v) is 14.5. The molecule has 1 aliphatic carbocycles. The van der Waals surface area contributed by atoms with Gasteiger partial charge in [0.05, 0.1) is 0 Å². The Morgan fingerprint density at radius 1 is 0.724 bits per heavy atom. The molecule has 1 saturated carbocycles. The van der Waals surface area contributed by atoms with E-state index in [1.54, 1.807) is 11.1 Å². The largest absolute Gasteiger partial charge is 0.154 e. The lowest BCUT2D eigenvalue weighted by molar-refractivity contribution is 0.448. The summed E-state index contributed by atoms with van der Waals surface area (Å²) in [6.07, 6.45) is 27.6. The Morgan fingerprint density at radius 2 is 1.17 bits per heavy atom. The Labute approximate surface area is 189 Å². The normalized spacial score (nSPS) is 19.7. The van der Waals surface area contributed by atoms with Crippen LogP contribution in [0, 0.1) is 5.92 Å². The van der Waals surface area contributed by atoms with Gasteiger partial charge in [-0.1, -0.05) is 121 Å². The van der Waals surface area contributed by atoms with Crippen molar-refractivity contribution in [3.8, 4) is 0 Å². The average Bonchev–Trinajstić information content (AvgIpc) is 2.70. The van der Waals surface area contributed by atoms with Crippen molar-refractivity contribution in [1.29, 1.82) is 0 Å². The number of hydrogen-bond acceptors (Lipinski definition) is 1. The minimum atomic E-state index is 0.833. The van der Waals surface area contributed by atoms with E-state index in [1.165, 1.54) is 128 Å². The minimum Gasteiger partial charge on any atom is -0.154 e. The first-order valence-electron chi connectivity index (χ1n) is 13.4. The van der Waals surface area contributed by atoms with Gasteiger partial charge >= 0.3 is 0 Å². The maximum atomic E-state index is 2.45. The summed E-state index contributed by atoms with van der Waals surface area (Å²) < 4.78 is 0. The molecule has 1 rings (SSSR count). The molecule has 1 fully saturated rings. The van der Waals surface area contributed by atoms with Crippen molar-refractivity contribution in [3.05, 3.63) is 11.1 Å². The van der Waals surface area contributed by atoms with Crippen molar-refractivity contribution >= 4 is 11.8 Å². The molecule has 0 nitrogen and oxygen atoms in total. The predicted octanol–water partition coefficient (Wildman–Crippen LogP) is 10.5. The van der Waals surface area contributed by atoms with Crippen LogP contribution in [0.25, 0.3) is 0 Å². The van der Waals surface area contributed by atoms with Gasteiger partial charge in [0.15, 0.2) is 0 Å². The lowest BCUT2D eigenvalue weighted by Gasteiger charge is -2.30. The van der Waals surface area contributed by atoms with Gasteiger partial charge in [-0.25, -0.2) is 0 Å². The van der Waals surface area contributed by atoms with Crippen LogP contribution >= 0.6 is 11.8 Å². The lowest BCUT2D eigenvalue weighted by atomic mass is 9.85. The third-order valence-electron chi connectivity index (χ3n) is 6.87. The van der Waals surface area contributed by atoms with Gasteiger partial charge in [0, 0.05) is 5.25 Å². The van der Waals surface area contributed by atoms with Crippen molar-refractivity contribution in [1.82, 2.24) is 0 Å². The summed E-state index contributed by atoms with van der Waals surface area (Å²) in [4.78, 5) is 0. The van der Waals surface area contributed by atoms with Crippen molar-refractivity contribution in [2.24, 2.45) is 5.92 Å². The van der Waals surface area contributed by atoms with E-state index in [-0.39, 0.29) is 0 Å². The van der Waals surface area contributed by atoms with Crippen molar-refractivity contribution < 1.29 is 0 Å². The molecule has 0 N–H and O–H groups in total. The molecule has 1 aliphatic rings. The average molecular weight is 423 g/mol. The van der Waals surface area contributed by atoms with Crippen molar-refractivity contribution in [2.75, 3.05) is 5.75 Å². The number of rotatable bonds is 18. The molecule has 0 aromatic heterocycles. The van der Waals surface area contributed by atoms with E-state index < -0.39 is 0 Å². The first-order chi connectivity index (χ1) is 14.1. The summed E-state index contributed by atoms with van der Waals surface area (Å²) >= 11 is 2.27. The Kier molecular flexibility index (Phi) is 17.6. The molecule has 0 heterocycles. The van der Waals surface area contributed by atoms with Crippen LogP contribution in [0.4, 0.5) is 0 Å². The fraction of sp³-hybridized carbons (Fsp3) is 0.929. The fourth-order valence-corrected chi connectivity index (χ4v) is 6.48. The van der Waals surface area contributed by atoms with Gasteiger partial charge in [0.2, 0.25) is 0 Å². The van der Waals surface area contributed by atoms with Gasteiger partial charge in [-0.2, -0.15) is 11.8 Å². The van der Waals surface area contributed by atoms with E-state index in [2.05, 4.69) is 39.5 Å². The van der Waals surface area contributed by atoms with Crippen LogP contribution in [0.3, 0.4) is 0 Å². The molecule has 2 atom stereocenters. The van der Waals surface area contributed by atoms with Crippen LogP contribution in [0.1, 0.15) is 150 Å². The smallest absolute Gasteiger partial charge is 0.0261 e. The van der Waals surface area contributed by atoms with Crippen LogP contribution in [0.15, 0.2) is 11.1 Å². The zero-order chi connectivity index (χ0) is 21.2. The number of thioether (sulfide) groups is 1. The Morgan fingerprint density at radius 3 is 1.62 bits per heavy atom. The van der Waals surface area contributed by atoms with Gasteiger partial charge in [0.25, 0.3) is 0 Å². The minimum absolute atomic E-state index is 0.833. The molecule has 29 heavy (non-hydrogen) atoms. The Bertz CT molecular complexity index is 393. The molecular formula is C28H54S. The van der Waals surface area contributed by atoms with Crippen LogP contribution in [0.2, 0.25) is 0 Å². The molecule has 0 spiro atoms. The topological polar surface area (TPSA) is 0 Å². The summed E-state index contributed by atoms with van der Waals surface area (Å²) in [5, 5.41) is 0.833.